The minimum absolute atomic E-state index is 0.117. The smallest absolute Gasteiger partial charge is 0.319 e. The third-order valence-corrected chi connectivity index (χ3v) is 2.24. The molecule has 0 radical (unpaired) electrons. The molecule has 1 rings (SSSR count). The van der Waals surface area contributed by atoms with E-state index in [0.717, 1.165) is 6.54 Å². The summed E-state index contributed by atoms with van der Waals surface area (Å²) in [5.41, 5.74) is 5.20. The van der Waals surface area contributed by atoms with Crippen molar-refractivity contribution in [1.29, 1.82) is 0 Å². The zero-order valence-electron chi connectivity index (χ0n) is 8.16. The van der Waals surface area contributed by atoms with Crippen LogP contribution in [-0.2, 0) is 14.3 Å². The molecule has 1 atom stereocenters. The van der Waals surface area contributed by atoms with Gasteiger partial charge in [-0.25, -0.2) is 0 Å². The summed E-state index contributed by atoms with van der Waals surface area (Å²) in [5, 5.41) is 3.04. The van der Waals surface area contributed by atoms with E-state index in [9.17, 15) is 9.59 Å². The van der Waals surface area contributed by atoms with Crippen molar-refractivity contribution in [2.75, 3.05) is 33.3 Å². The topological polar surface area (TPSA) is 84.7 Å². The van der Waals surface area contributed by atoms with Crippen LogP contribution >= 0.6 is 0 Å². The first kappa shape index (κ1) is 10.9. The van der Waals surface area contributed by atoms with Crippen molar-refractivity contribution in [2.45, 2.75) is 6.04 Å². The number of methoxy groups -OCH3 is 1. The molecule has 0 aliphatic carbocycles. The maximum Gasteiger partial charge on any atom is 0.319 e. The summed E-state index contributed by atoms with van der Waals surface area (Å²) in [5.74, 6) is -0.765. The van der Waals surface area contributed by atoms with Gasteiger partial charge in [-0.15, -0.1) is 0 Å². The van der Waals surface area contributed by atoms with E-state index in [0.29, 0.717) is 13.1 Å². The molecule has 0 bridgehead atoms. The molecule has 6 heteroatoms. The van der Waals surface area contributed by atoms with Crippen molar-refractivity contribution in [3.63, 3.8) is 0 Å². The summed E-state index contributed by atoms with van der Waals surface area (Å²) >= 11 is 0. The molecule has 3 N–H and O–H groups in total. The molecule has 1 unspecified atom stereocenters. The van der Waals surface area contributed by atoms with Crippen molar-refractivity contribution in [2.24, 2.45) is 5.73 Å². The van der Waals surface area contributed by atoms with Gasteiger partial charge in [0.15, 0.2) is 0 Å². The van der Waals surface area contributed by atoms with Gasteiger partial charge in [0, 0.05) is 19.6 Å². The lowest BCUT2D eigenvalue weighted by atomic mass is 10.2. The van der Waals surface area contributed by atoms with E-state index in [4.69, 9.17) is 5.73 Å². The Labute approximate surface area is 82.4 Å². The van der Waals surface area contributed by atoms with Gasteiger partial charge in [0.05, 0.1) is 13.7 Å². The van der Waals surface area contributed by atoms with Crippen LogP contribution in [0.15, 0.2) is 0 Å². The second-order valence-corrected chi connectivity index (χ2v) is 3.17. The zero-order valence-corrected chi connectivity index (χ0v) is 8.16. The van der Waals surface area contributed by atoms with E-state index >= 15 is 0 Å². The SMILES string of the molecule is COC(=O)CN1CCNCC1C(N)=O. The van der Waals surface area contributed by atoms with Gasteiger partial charge in [-0.1, -0.05) is 0 Å². The molecule has 1 fully saturated rings. The Balaban J connectivity index is 2.54. The molecule has 0 aromatic rings. The van der Waals surface area contributed by atoms with Crippen LogP contribution < -0.4 is 11.1 Å². The van der Waals surface area contributed by atoms with Crippen LogP contribution in [-0.4, -0.2) is 56.1 Å². The van der Waals surface area contributed by atoms with Crippen LogP contribution in [0.5, 0.6) is 0 Å². The standard InChI is InChI=1S/C8H15N3O3/c1-14-7(12)5-11-3-2-10-4-6(11)8(9)13/h6,10H,2-5H2,1H3,(H2,9,13). The third-order valence-electron chi connectivity index (χ3n) is 2.24. The number of rotatable bonds is 3. The van der Waals surface area contributed by atoms with Crippen molar-refractivity contribution < 1.29 is 14.3 Å². The summed E-state index contributed by atoms with van der Waals surface area (Å²) in [6.07, 6.45) is 0. The molecule has 80 valence electrons. The number of nitrogens with zero attached hydrogens (tertiary/aromatic N) is 1. The maximum absolute atomic E-state index is 11.0. The molecule has 1 heterocycles. The van der Waals surface area contributed by atoms with Crippen molar-refractivity contribution in [3.05, 3.63) is 0 Å². The highest BCUT2D eigenvalue weighted by Gasteiger charge is 2.28. The van der Waals surface area contributed by atoms with Gasteiger partial charge in [-0.2, -0.15) is 0 Å². The number of carbonyl (C=O) groups is 2. The van der Waals surface area contributed by atoms with Crippen molar-refractivity contribution in [3.8, 4) is 0 Å². The largest absolute Gasteiger partial charge is 0.468 e. The second-order valence-electron chi connectivity index (χ2n) is 3.17. The average molecular weight is 201 g/mol. The lowest BCUT2D eigenvalue weighted by Crippen LogP contribution is -2.58. The highest BCUT2D eigenvalue weighted by Crippen LogP contribution is 2.02. The monoisotopic (exact) mass is 201 g/mol. The molecule has 0 aromatic heterocycles. The van der Waals surface area contributed by atoms with Gasteiger partial charge in [0.2, 0.25) is 5.91 Å². The molecule has 14 heavy (non-hydrogen) atoms. The molecule has 1 amide bonds. The molecule has 1 saturated heterocycles. The van der Waals surface area contributed by atoms with Crippen molar-refractivity contribution in [1.82, 2.24) is 10.2 Å². The summed E-state index contributed by atoms with van der Waals surface area (Å²) in [7, 11) is 1.32. The number of primary amides is 1. The van der Waals surface area contributed by atoms with Crippen LogP contribution in [0.1, 0.15) is 0 Å². The van der Waals surface area contributed by atoms with E-state index in [1.54, 1.807) is 4.90 Å². The minimum Gasteiger partial charge on any atom is -0.468 e. The van der Waals surface area contributed by atoms with Gasteiger partial charge in [0.1, 0.15) is 6.04 Å². The van der Waals surface area contributed by atoms with Crippen LogP contribution in [0, 0.1) is 0 Å². The van der Waals surface area contributed by atoms with Gasteiger partial charge < -0.3 is 15.8 Å². The molecular weight excluding hydrogens is 186 g/mol. The number of hydrogen-bond donors (Lipinski definition) is 2. The molecule has 0 aromatic carbocycles. The van der Waals surface area contributed by atoms with E-state index in [1.165, 1.54) is 7.11 Å². The fourth-order valence-electron chi connectivity index (χ4n) is 1.45. The van der Waals surface area contributed by atoms with Gasteiger partial charge >= 0.3 is 5.97 Å². The molecule has 1 aliphatic rings. The van der Waals surface area contributed by atoms with E-state index in [2.05, 4.69) is 10.1 Å². The number of ether oxygens (including phenoxy) is 1. The summed E-state index contributed by atoms with van der Waals surface area (Å²) in [6.45, 7) is 1.99. The highest BCUT2D eigenvalue weighted by molar-refractivity contribution is 5.81. The number of amides is 1. The number of carbonyl (C=O) groups excluding carboxylic acids is 2. The fourth-order valence-corrected chi connectivity index (χ4v) is 1.45. The lowest BCUT2D eigenvalue weighted by Gasteiger charge is -2.32. The summed E-state index contributed by atoms with van der Waals surface area (Å²) in [4.78, 5) is 23.8. The zero-order chi connectivity index (χ0) is 10.6. The van der Waals surface area contributed by atoms with E-state index in [1.807, 2.05) is 0 Å². The lowest BCUT2D eigenvalue weighted by molar-refractivity contribution is -0.143. The third kappa shape index (κ3) is 2.68. The maximum atomic E-state index is 11.0. The molecule has 0 spiro atoms. The normalized spacial score (nSPS) is 23.1. The summed E-state index contributed by atoms with van der Waals surface area (Å²) in [6, 6.07) is -0.414. The van der Waals surface area contributed by atoms with Gasteiger partial charge in [-0.05, 0) is 0 Å². The predicted octanol–water partition coefficient (Wildman–Crippen LogP) is -2.08. The van der Waals surface area contributed by atoms with E-state index in [-0.39, 0.29) is 12.5 Å². The first-order valence-electron chi connectivity index (χ1n) is 4.46. The molecule has 1 aliphatic heterocycles. The number of esters is 1. The number of hydrogen-bond acceptors (Lipinski definition) is 5. The van der Waals surface area contributed by atoms with Crippen LogP contribution in [0.3, 0.4) is 0 Å². The Morgan fingerprint density at radius 3 is 2.93 bits per heavy atom. The first-order chi connectivity index (χ1) is 6.65. The van der Waals surface area contributed by atoms with Crippen molar-refractivity contribution >= 4 is 11.9 Å². The molecule has 0 saturated carbocycles. The molecule has 6 nitrogen and oxygen atoms in total. The molecular formula is C8H15N3O3. The summed E-state index contributed by atoms with van der Waals surface area (Å²) < 4.78 is 4.53. The Hall–Kier alpha value is -1.14. The Morgan fingerprint density at radius 2 is 2.36 bits per heavy atom. The predicted molar refractivity (Wildman–Crippen MR) is 49.4 cm³/mol. The van der Waals surface area contributed by atoms with Crippen LogP contribution in [0.2, 0.25) is 0 Å². The highest BCUT2D eigenvalue weighted by atomic mass is 16.5. The number of piperazine rings is 1. The Kier molecular flexibility index (Phi) is 3.84. The fraction of sp³-hybridized carbons (Fsp3) is 0.750. The average Bonchev–Trinajstić information content (AvgIpc) is 2.18. The quantitative estimate of drug-likeness (QED) is 0.512. The number of nitrogens with one attached hydrogen (secondary N) is 1. The first-order valence-corrected chi connectivity index (χ1v) is 4.46. The van der Waals surface area contributed by atoms with Crippen LogP contribution in [0.25, 0.3) is 0 Å². The Bertz CT molecular complexity index is 232. The second kappa shape index (κ2) is 4.92. The van der Waals surface area contributed by atoms with Gasteiger partial charge in [0.25, 0.3) is 0 Å². The number of nitrogens with two attached hydrogens (primary N) is 1. The minimum atomic E-state index is -0.416. The van der Waals surface area contributed by atoms with Gasteiger partial charge in [-0.3, -0.25) is 14.5 Å². The van der Waals surface area contributed by atoms with E-state index < -0.39 is 11.9 Å². The van der Waals surface area contributed by atoms with Crippen LogP contribution in [0.4, 0.5) is 0 Å². The Morgan fingerprint density at radius 1 is 1.64 bits per heavy atom.